The Labute approximate surface area is 102 Å². The summed E-state index contributed by atoms with van der Waals surface area (Å²) in [5.74, 6) is -1.88. The van der Waals surface area contributed by atoms with E-state index in [9.17, 15) is 23.8 Å². The molecule has 0 saturated carbocycles. The van der Waals surface area contributed by atoms with Crippen LogP contribution in [0.4, 0.5) is 8.78 Å². The fourth-order valence-corrected chi connectivity index (χ4v) is 1.91. The molecule has 2 rings (SSSR count). The van der Waals surface area contributed by atoms with Crippen molar-refractivity contribution in [3.63, 3.8) is 0 Å². The number of likely N-dealkylation sites (tertiary alicyclic amines) is 1. The third-order valence-corrected chi connectivity index (χ3v) is 2.97. The van der Waals surface area contributed by atoms with Crippen LogP contribution in [0.15, 0.2) is 18.2 Å². The summed E-state index contributed by atoms with van der Waals surface area (Å²) in [6, 6.07) is 3.02. The first-order valence-electron chi connectivity index (χ1n) is 5.55. The highest BCUT2D eigenvalue weighted by molar-refractivity contribution is 5.79. The van der Waals surface area contributed by atoms with E-state index in [0.717, 1.165) is 12.1 Å². The van der Waals surface area contributed by atoms with E-state index in [-0.39, 0.29) is 25.1 Å². The molecule has 0 aliphatic carbocycles. The van der Waals surface area contributed by atoms with Crippen LogP contribution in [0.2, 0.25) is 0 Å². The maximum absolute atomic E-state index is 13.3. The van der Waals surface area contributed by atoms with Crippen molar-refractivity contribution < 1.29 is 23.8 Å². The Bertz CT molecular complexity index is 457. The van der Waals surface area contributed by atoms with Crippen LogP contribution in [0, 0.1) is 11.6 Å². The van der Waals surface area contributed by atoms with Gasteiger partial charge < -0.3 is 15.1 Å². The molecule has 1 aliphatic heterocycles. The van der Waals surface area contributed by atoms with Gasteiger partial charge in [-0.05, 0) is 11.6 Å². The second kappa shape index (κ2) is 4.99. The van der Waals surface area contributed by atoms with E-state index in [4.69, 9.17) is 0 Å². The van der Waals surface area contributed by atoms with Crippen molar-refractivity contribution in [2.24, 2.45) is 0 Å². The third kappa shape index (κ3) is 2.65. The topological polar surface area (TPSA) is 60.8 Å². The number of halogens is 2. The summed E-state index contributed by atoms with van der Waals surface area (Å²) in [5.41, 5.74) is 0.0947. The second-order valence-corrected chi connectivity index (χ2v) is 4.35. The zero-order valence-electron chi connectivity index (χ0n) is 9.51. The first-order chi connectivity index (χ1) is 8.47. The van der Waals surface area contributed by atoms with Gasteiger partial charge in [0.1, 0.15) is 11.6 Å². The van der Waals surface area contributed by atoms with Crippen LogP contribution in [-0.2, 0) is 11.2 Å². The number of nitrogens with zero attached hydrogens (tertiary/aromatic N) is 1. The lowest BCUT2D eigenvalue weighted by atomic mass is 10.1. The predicted octanol–water partition coefficient (Wildman–Crippen LogP) is 0.0713. The van der Waals surface area contributed by atoms with Gasteiger partial charge >= 0.3 is 0 Å². The van der Waals surface area contributed by atoms with E-state index in [0.29, 0.717) is 0 Å². The summed E-state index contributed by atoms with van der Waals surface area (Å²) >= 11 is 0. The van der Waals surface area contributed by atoms with Gasteiger partial charge in [-0.2, -0.15) is 0 Å². The van der Waals surface area contributed by atoms with Crippen molar-refractivity contribution in [3.8, 4) is 0 Å². The largest absolute Gasteiger partial charge is 0.388 e. The maximum atomic E-state index is 13.3. The molecule has 2 N–H and O–H groups in total. The van der Waals surface area contributed by atoms with Crippen molar-refractivity contribution in [2.75, 3.05) is 13.1 Å². The van der Waals surface area contributed by atoms with Gasteiger partial charge in [0.05, 0.1) is 18.6 Å². The summed E-state index contributed by atoms with van der Waals surface area (Å²) in [5, 5.41) is 18.6. The Morgan fingerprint density at radius 2 is 1.89 bits per heavy atom. The molecule has 2 atom stereocenters. The predicted molar refractivity (Wildman–Crippen MR) is 58.7 cm³/mol. The van der Waals surface area contributed by atoms with Crippen molar-refractivity contribution in [2.45, 2.75) is 18.6 Å². The zero-order chi connectivity index (χ0) is 13.3. The number of hydrogen-bond donors (Lipinski definition) is 2. The normalized spacial score (nSPS) is 23.4. The van der Waals surface area contributed by atoms with Gasteiger partial charge in [0.2, 0.25) is 5.91 Å². The first-order valence-corrected chi connectivity index (χ1v) is 5.55. The highest BCUT2D eigenvalue weighted by Gasteiger charge is 2.32. The van der Waals surface area contributed by atoms with Gasteiger partial charge in [-0.15, -0.1) is 0 Å². The molecule has 1 aromatic rings. The highest BCUT2D eigenvalue weighted by atomic mass is 19.1. The van der Waals surface area contributed by atoms with Gasteiger partial charge in [-0.3, -0.25) is 4.79 Å². The molecule has 1 amide bonds. The number of carbonyl (C=O) groups is 1. The summed E-state index contributed by atoms with van der Waals surface area (Å²) in [6.45, 7) is 0.0611. The van der Waals surface area contributed by atoms with Crippen LogP contribution in [0.25, 0.3) is 0 Å². The van der Waals surface area contributed by atoms with Crippen LogP contribution in [0.3, 0.4) is 0 Å². The van der Waals surface area contributed by atoms with Gasteiger partial charge in [0.15, 0.2) is 0 Å². The number of rotatable bonds is 2. The lowest BCUT2D eigenvalue weighted by molar-refractivity contribution is -0.130. The second-order valence-electron chi connectivity index (χ2n) is 4.35. The third-order valence-electron chi connectivity index (χ3n) is 2.97. The van der Waals surface area contributed by atoms with E-state index in [1.807, 2.05) is 0 Å². The molecule has 0 unspecified atom stereocenters. The van der Waals surface area contributed by atoms with E-state index < -0.39 is 29.7 Å². The van der Waals surface area contributed by atoms with Crippen molar-refractivity contribution in [1.29, 1.82) is 0 Å². The van der Waals surface area contributed by atoms with E-state index in [1.54, 1.807) is 0 Å². The number of aliphatic hydroxyl groups excluding tert-OH is 2. The van der Waals surface area contributed by atoms with Gasteiger partial charge in [0.25, 0.3) is 0 Å². The molecule has 0 bridgehead atoms. The molecule has 98 valence electrons. The van der Waals surface area contributed by atoms with Crippen LogP contribution >= 0.6 is 0 Å². The number of β-amino-alcohol motifs (C(OH)–C–C–N with tert-alkyl or cyclic N) is 2. The van der Waals surface area contributed by atoms with E-state index >= 15 is 0 Å². The molecule has 0 aromatic heterocycles. The minimum absolute atomic E-state index is 0.0306. The highest BCUT2D eigenvalue weighted by Crippen LogP contribution is 2.15. The number of aliphatic hydroxyl groups is 2. The fraction of sp³-hybridized carbons (Fsp3) is 0.417. The molecule has 18 heavy (non-hydrogen) atoms. The maximum Gasteiger partial charge on any atom is 0.227 e. The summed E-state index contributed by atoms with van der Waals surface area (Å²) < 4.78 is 26.0. The monoisotopic (exact) mass is 257 g/mol. The molecule has 0 radical (unpaired) electrons. The van der Waals surface area contributed by atoms with Crippen molar-refractivity contribution >= 4 is 5.91 Å². The zero-order valence-corrected chi connectivity index (χ0v) is 9.51. The molecule has 1 aliphatic rings. The number of hydrogen-bond acceptors (Lipinski definition) is 3. The molecular weight excluding hydrogens is 244 g/mol. The van der Waals surface area contributed by atoms with E-state index in [1.165, 1.54) is 11.0 Å². The van der Waals surface area contributed by atoms with Crippen molar-refractivity contribution in [3.05, 3.63) is 35.4 Å². The van der Waals surface area contributed by atoms with Crippen LogP contribution in [-0.4, -0.2) is 46.3 Å². The molecule has 1 aromatic carbocycles. The lowest BCUT2D eigenvalue weighted by Crippen LogP contribution is -2.31. The number of carbonyl (C=O) groups excluding carboxylic acids is 1. The SMILES string of the molecule is O=C(Cc1ccc(F)cc1F)N1C[C@@H](O)[C@@H](O)C1. The Hall–Kier alpha value is -1.53. The minimum Gasteiger partial charge on any atom is -0.388 e. The van der Waals surface area contributed by atoms with Crippen LogP contribution < -0.4 is 0 Å². The number of amides is 1. The first kappa shape index (κ1) is 12.9. The van der Waals surface area contributed by atoms with Crippen LogP contribution in [0.1, 0.15) is 5.56 Å². The molecule has 6 heteroatoms. The molecule has 0 spiro atoms. The van der Waals surface area contributed by atoms with Gasteiger partial charge in [-0.25, -0.2) is 8.78 Å². The van der Waals surface area contributed by atoms with E-state index in [2.05, 4.69) is 0 Å². The smallest absolute Gasteiger partial charge is 0.227 e. The number of benzene rings is 1. The van der Waals surface area contributed by atoms with Gasteiger partial charge in [-0.1, -0.05) is 6.07 Å². The quantitative estimate of drug-likeness (QED) is 0.788. The lowest BCUT2D eigenvalue weighted by Gasteiger charge is -2.15. The summed E-state index contributed by atoms with van der Waals surface area (Å²) in [7, 11) is 0. The van der Waals surface area contributed by atoms with Crippen LogP contribution in [0.5, 0.6) is 0 Å². The Morgan fingerprint density at radius 3 is 2.44 bits per heavy atom. The minimum atomic E-state index is -0.966. The van der Waals surface area contributed by atoms with Crippen molar-refractivity contribution in [1.82, 2.24) is 4.90 Å². The molecule has 1 fully saturated rings. The summed E-state index contributed by atoms with van der Waals surface area (Å²) in [4.78, 5) is 13.0. The summed E-state index contributed by atoms with van der Waals surface area (Å²) in [6.07, 6.45) is -2.15. The fourth-order valence-electron chi connectivity index (χ4n) is 1.91. The molecule has 1 saturated heterocycles. The standard InChI is InChI=1S/C12H13F2NO3/c13-8-2-1-7(9(14)4-8)3-12(18)15-5-10(16)11(17)6-15/h1-2,4,10-11,16-17H,3,5-6H2/t10-,11+. The average Bonchev–Trinajstić information content (AvgIpc) is 2.63. The molecule has 4 nitrogen and oxygen atoms in total. The average molecular weight is 257 g/mol. The Kier molecular flexibility index (Phi) is 3.58. The van der Waals surface area contributed by atoms with Gasteiger partial charge in [0, 0.05) is 19.2 Å². The molecular formula is C12H13F2NO3. The molecule has 1 heterocycles. The Morgan fingerprint density at radius 1 is 1.28 bits per heavy atom. The Balaban J connectivity index is 2.03.